The Morgan fingerprint density at radius 2 is 1.89 bits per heavy atom. The van der Waals surface area contributed by atoms with E-state index in [2.05, 4.69) is 10.3 Å². The van der Waals surface area contributed by atoms with E-state index in [-0.39, 0.29) is 16.5 Å². The Kier molecular flexibility index (Phi) is 8.66. The first-order valence-corrected chi connectivity index (χ1v) is 13.9. The van der Waals surface area contributed by atoms with E-state index in [0.717, 1.165) is 29.9 Å². The van der Waals surface area contributed by atoms with Crippen LogP contribution in [0.5, 0.6) is 0 Å². The second kappa shape index (κ2) is 11.2. The molecule has 0 saturated carbocycles. The zero-order chi connectivity index (χ0) is 27.5. The van der Waals surface area contributed by atoms with Gasteiger partial charge in [-0.05, 0) is 51.5 Å². The summed E-state index contributed by atoms with van der Waals surface area (Å²) in [5.41, 5.74) is 1.30. The van der Waals surface area contributed by atoms with E-state index in [1.807, 2.05) is 11.8 Å². The standard InChI is InChI=1S/C24H27ClF2N4O4S2/c1-6-9-30(5)20-10-15(26)7-8-18(20)29-19-12-17(27)21(11-16(19)25)37(33,34)31(22-13-36-14-28-22)23(32)35-24(2,3)4/h7-8,10-14,29H,6,9H2,1-5H3. The predicted molar refractivity (Wildman–Crippen MR) is 143 cm³/mol. The van der Waals surface area contributed by atoms with Crippen LogP contribution in [0.25, 0.3) is 0 Å². The second-order valence-corrected chi connectivity index (χ2v) is 11.9. The second-order valence-electron chi connectivity index (χ2n) is 9.07. The molecule has 200 valence electrons. The average Bonchev–Trinajstić information content (AvgIpc) is 3.29. The van der Waals surface area contributed by atoms with Crippen molar-refractivity contribution >= 4 is 61.9 Å². The van der Waals surface area contributed by atoms with Crippen LogP contribution in [-0.2, 0) is 14.8 Å². The molecule has 0 saturated heterocycles. The lowest BCUT2D eigenvalue weighted by Crippen LogP contribution is -2.41. The van der Waals surface area contributed by atoms with Crippen molar-refractivity contribution in [3.63, 3.8) is 0 Å². The zero-order valence-corrected chi connectivity index (χ0v) is 23.3. The van der Waals surface area contributed by atoms with Crippen LogP contribution in [-0.4, -0.2) is 38.7 Å². The minimum atomic E-state index is -4.82. The Morgan fingerprint density at radius 3 is 2.49 bits per heavy atom. The normalized spacial score (nSPS) is 11.8. The number of thiazole rings is 1. The molecule has 0 aliphatic heterocycles. The highest BCUT2D eigenvalue weighted by molar-refractivity contribution is 7.93. The van der Waals surface area contributed by atoms with Crippen molar-refractivity contribution < 1.29 is 26.7 Å². The summed E-state index contributed by atoms with van der Waals surface area (Å²) in [7, 11) is -3.03. The van der Waals surface area contributed by atoms with Crippen molar-refractivity contribution in [3.8, 4) is 0 Å². The lowest BCUT2D eigenvalue weighted by Gasteiger charge is -2.26. The molecule has 1 amide bonds. The summed E-state index contributed by atoms with van der Waals surface area (Å²) in [6, 6.07) is 5.84. The van der Waals surface area contributed by atoms with Gasteiger partial charge in [-0.3, -0.25) is 0 Å². The van der Waals surface area contributed by atoms with Gasteiger partial charge in [0.25, 0.3) is 10.0 Å². The van der Waals surface area contributed by atoms with Crippen LogP contribution in [0.2, 0.25) is 5.02 Å². The van der Waals surface area contributed by atoms with E-state index in [1.165, 1.54) is 29.1 Å². The maximum Gasteiger partial charge on any atom is 0.430 e. The molecular weight excluding hydrogens is 546 g/mol. The number of rotatable bonds is 8. The Balaban J connectivity index is 2.04. The molecule has 1 heterocycles. The van der Waals surface area contributed by atoms with E-state index in [9.17, 15) is 17.6 Å². The summed E-state index contributed by atoms with van der Waals surface area (Å²) in [6.07, 6.45) is -0.437. The quantitative estimate of drug-likeness (QED) is 0.317. The fourth-order valence-electron chi connectivity index (χ4n) is 3.37. The van der Waals surface area contributed by atoms with Crippen LogP contribution in [0.3, 0.4) is 0 Å². The lowest BCUT2D eigenvalue weighted by molar-refractivity contribution is 0.0608. The van der Waals surface area contributed by atoms with E-state index in [1.54, 1.807) is 27.8 Å². The molecule has 0 radical (unpaired) electrons. The topological polar surface area (TPSA) is 91.8 Å². The van der Waals surface area contributed by atoms with E-state index in [4.69, 9.17) is 16.3 Å². The molecule has 13 heteroatoms. The molecule has 1 aromatic heterocycles. The van der Waals surface area contributed by atoms with Crippen LogP contribution < -0.4 is 14.5 Å². The summed E-state index contributed by atoms with van der Waals surface area (Å²) in [6.45, 7) is 7.30. The SMILES string of the molecule is CCCN(C)c1cc(F)ccc1Nc1cc(F)c(S(=O)(=O)N(C(=O)OC(C)(C)C)c2cscn2)cc1Cl. The molecule has 8 nitrogen and oxygen atoms in total. The molecule has 0 aliphatic rings. The molecule has 0 fully saturated rings. The van der Waals surface area contributed by atoms with E-state index < -0.39 is 38.2 Å². The monoisotopic (exact) mass is 572 g/mol. The van der Waals surface area contributed by atoms with Gasteiger partial charge in [0.05, 0.1) is 27.6 Å². The highest BCUT2D eigenvalue weighted by atomic mass is 35.5. The first-order valence-electron chi connectivity index (χ1n) is 11.2. The Labute approximate surface area is 223 Å². The van der Waals surface area contributed by atoms with E-state index >= 15 is 4.39 Å². The fourth-order valence-corrected chi connectivity index (χ4v) is 5.58. The largest absolute Gasteiger partial charge is 0.443 e. The smallest absolute Gasteiger partial charge is 0.430 e. The number of ether oxygens (including phenoxy) is 1. The molecule has 0 unspecified atom stereocenters. The highest BCUT2D eigenvalue weighted by Crippen LogP contribution is 2.36. The molecule has 3 rings (SSSR count). The lowest BCUT2D eigenvalue weighted by atomic mass is 10.2. The third kappa shape index (κ3) is 6.68. The van der Waals surface area contributed by atoms with Crippen molar-refractivity contribution in [2.24, 2.45) is 0 Å². The first kappa shape index (κ1) is 28.6. The molecule has 37 heavy (non-hydrogen) atoms. The zero-order valence-electron chi connectivity index (χ0n) is 20.9. The summed E-state index contributed by atoms with van der Waals surface area (Å²) in [5, 5.41) is 4.12. The van der Waals surface area contributed by atoms with Gasteiger partial charge in [0.2, 0.25) is 0 Å². The van der Waals surface area contributed by atoms with E-state index in [0.29, 0.717) is 22.2 Å². The van der Waals surface area contributed by atoms with Crippen LogP contribution >= 0.6 is 22.9 Å². The Hall–Kier alpha value is -2.96. The number of carbonyl (C=O) groups excluding carboxylic acids is 1. The number of nitrogens with zero attached hydrogens (tertiary/aromatic N) is 3. The number of anilines is 4. The van der Waals surface area contributed by atoms with Crippen LogP contribution in [0.15, 0.2) is 46.1 Å². The summed E-state index contributed by atoms with van der Waals surface area (Å²) in [5.74, 6) is -1.86. The van der Waals surface area contributed by atoms with Gasteiger partial charge < -0.3 is 15.0 Å². The number of nitrogens with one attached hydrogen (secondary N) is 1. The summed E-state index contributed by atoms with van der Waals surface area (Å²) in [4.78, 5) is 17.7. The Morgan fingerprint density at radius 1 is 1.19 bits per heavy atom. The van der Waals surface area contributed by atoms with Crippen LogP contribution in [0.1, 0.15) is 34.1 Å². The van der Waals surface area contributed by atoms with Gasteiger partial charge in [-0.2, -0.15) is 0 Å². The van der Waals surface area contributed by atoms with Crippen molar-refractivity contribution in [2.45, 2.75) is 44.6 Å². The van der Waals surface area contributed by atoms with Crippen molar-refractivity contribution in [1.29, 1.82) is 0 Å². The predicted octanol–water partition coefficient (Wildman–Crippen LogP) is 6.79. The van der Waals surface area contributed by atoms with Crippen molar-refractivity contribution in [3.05, 3.63) is 57.9 Å². The molecule has 0 atom stereocenters. The number of halogens is 3. The van der Waals surface area contributed by atoms with Gasteiger partial charge in [0, 0.05) is 25.0 Å². The third-order valence-electron chi connectivity index (χ3n) is 4.93. The average molecular weight is 573 g/mol. The van der Waals surface area contributed by atoms with Crippen LogP contribution in [0.4, 0.5) is 36.5 Å². The number of sulfonamides is 1. The van der Waals surface area contributed by atoms with Gasteiger partial charge in [0.15, 0.2) is 5.82 Å². The molecule has 2 aromatic carbocycles. The number of aromatic nitrogens is 1. The summed E-state index contributed by atoms with van der Waals surface area (Å²) < 4.78 is 61.7. The first-order chi connectivity index (χ1) is 17.2. The minimum absolute atomic E-state index is 0.0494. The number of hydrogen-bond acceptors (Lipinski definition) is 8. The van der Waals surface area contributed by atoms with Crippen LogP contribution in [0, 0.1) is 11.6 Å². The molecule has 0 aliphatic carbocycles. The number of carbonyl (C=O) groups is 1. The van der Waals surface area contributed by atoms with Gasteiger partial charge in [0.1, 0.15) is 22.1 Å². The number of benzene rings is 2. The Bertz CT molecular complexity index is 1380. The molecular formula is C24H27ClF2N4O4S2. The van der Waals surface area contributed by atoms with Gasteiger partial charge >= 0.3 is 6.09 Å². The summed E-state index contributed by atoms with van der Waals surface area (Å²) >= 11 is 7.42. The number of hydrogen-bond donors (Lipinski definition) is 1. The van der Waals surface area contributed by atoms with Gasteiger partial charge in [-0.1, -0.05) is 18.5 Å². The highest BCUT2D eigenvalue weighted by Gasteiger charge is 2.38. The molecule has 0 spiro atoms. The third-order valence-corrected chi connectivity index (χ3v) is 7.50. The van der Waals surface area contributed by atoms with Crippen molar-refractivity contribution in [2.75, 3.05) is 28.1 Å². The fraction of sp³-hybridized carbons (Fsp3) is 0.333. The molecule has 1 N–H and O–H groups in total. The molecule has 0 bridgehead atoms. The van der Waals surface area contributed by atoms with Gasteiger partial charge in [-0.15, -0.1) is 15.6 Å². The minimum Gasteiger partial charge on any atom is -0.443 e. The maximum atomic E-state index is 15.3. The number of amides is 1. The maximum absolute atomic E-state index is 15.3. The molecule has 3 aromatic rings. The van der Waals surface area contributed by atoms with Crippen molar-refractivity contribution in [1.82, 2.24) is 4.98 Å². The van der Waals surface area contributed by atoms with Gasteiger partial charge in [-0.25, -0.2) is 27.0 Å².